The van der Waals surface area contributed by atoms with Gasteiger partial charge < -0.3 is 10.1 Å². The minimum atomic E-state index is 0.0620. The summed E-state index contributed by atoms with van der Waals surface area (Å²) in [5.41, 5.74) is 1.82. The summed E-state index contributed by atoms with van der Waals surface area (Å²) in [5, 5.41) is 3.68. The van der Waals surface area contributed by atoms with Gasteiger partial charge in [-0.1, -0.05) is 0 Å². The maximum absolute atomic E-state index is 12.8. The summed E-state index contributed by atoms with van der Waals surface area (Å²) in [7, 11) is 0. The first kappa shape index (κ1) is 19.6. The molecule has 4 nitrogen and oxygen atoms in total. The molecule has 0 amide bonds. The quantitative estimate of drug-likeness (QED) is 0.728. The summed E-state index contributed by atoms with van der Waals surface area (Å²) in [5.74, 6) is 2.01. The van der Waals surface area contributed by atoms with Crippen LogP contribution < -0.4 is 10.1 Å². The van der Waals surface area contributed by atoms with E-state index in [2.05, 4.69) is 38.0 Å². The summed E-state index contributed by atoms with van der Waals surface area (Å²) in [6.07, 6.45) is 4.33. The number of carbonyl (C=O) groups is 1. The van der Waals surface area contributed by atoms with E-state index in [1.807, 2.05) is 43.3 Å². The fourth-order valence-electron chi connectivity index (χ4n) is 4.42. The van der Waals surface area contributed by atoms with Gasteiger partial charge in [0.15, 0.2) is 5.78 Å². The van der Waals surface area contributed by atoms with E-state index in [0.29, 0.717) is 23.8 Å². The largest absolute Gasteiger partial charge is 0.456 e. The van der Waals surface area contributed by atoms with E-state index < -0.39 is 0 Å². The first-order valence-electron chi connectivity index (χ1n) is 9.65. The van der Waals surface area contributed by atoms with Gasteiger partial charge in [0.2, 0.25) is 0 Å². The highest BCUT2D eigenvalue weighted by Crippen LogP contribution is 2.35. The summed E-state index contributed by atoms with van der Waals surface area (Å²) in [4.78, 5) is 17.0. The van der Waals surface area contributed by atoms with Crippen LogP contribution in [0.15, 0.2) is 42.6 Å². The molecule has 27 heavy (non-hydrogen) atoms. The van der Waals surface area contributed by atoms with Crippen molar-refractivity contribution < 1.29 is 9.53 Å². The van der Waals surface area contributed by atoms with Crippen LogP contribution in [0.1, 0.15) is 63.0 Å². The second kappa shape index (κ2) is 7.43. The number of carbonyl (C=O) groups excluding carboxylic acids is 1. The Bertz CT molecular complexity index is 776. The molecule has 1 saturated heterocycles. The Kier molecular flexibility index (Phi) is 5.38. The lowest BCUT2D eigenvalue weighted by atomic mass is 9.74. The summed E-state index contributed by atoms with van der Waals surface area (Å²) in [6.45, 7) is 10.8. The number of ether oxygens (including phenoxy) is 1. The average molecular weight is 367 g/mol. The van der Waals surface area contributed by atoms with E-state index in [4.69, 9.17) is 4.74 Å². The molecule has 0 unspecified atom stereocenters. The number of nitrogens with one attached hydrogen (secondary N) is 1. The summed E-state index contributed by atoms with van der Waals surface area (Å²) >= 11 is 0. The van der Waals surface area contributed by atoms with Crippen molar-refractivity contribution in [2.45, 2.75) is 65.0 Å². The number of hydrogen-bond donors (Lipinski definition) is 1. The minimum Gasteiger partial charge on any atom is -0.456 e. The molecule has 2 heterocycles. The van der Waals surface area contributed by atoms with Crippen LogP contribution in [0, 0.1) is 12.8 Å². The SMILES string of the molecule is Cc1ccc(Oc2ccc(C(=O)CC3CC(C)(C)NC(C)(C)C3)cc2)cn1. The Hall–Kier alpha value is -2.20. The van der Waals surface area contributed by atoms with Gasteiger partial charge >= 0.3 is 0 Å². The van der Waals surface area contributed by atoms with Gasteiger partial charge in [-0.25, -0.2) is 0 Å². The fourth-order valence-corrected chi connectivity index (χ4v) is 4.42. The standard InChI is InChI=1S/C23H30N2O2/c1-16-6-9-20(15-24-16)27-19-10-7-18(8-11-19)21(26)12-17-13-22(2,3)25-23(4,5)14-17/h6-11,15,17,25H,12-14H2,1-5H3. The molecule has 2 aromatic rings. The lowest BCUT2D eigenvalue weighted by molar-refractivity contribution is 0.0864. The number of pyridine rings is 1. The van der Waals surface area contributed by atoms with Gasteiger partial charge in [-0.05, 0) is 89.8 Å². The van der Waals surface area contributed by atoms with Crippen molar-refractivity contribution in [2.75, 3.05) is 0 Å². The Morgan fingerprint density at radius 1 is 1.04 bits per heavy atom. The molecule has 144 valence electrons. The lowest BCUT2D eigenvalue weighted by Crippen LogP contribution is -2.57. The molecule has 1 N–H and O–H groups in total. The second-order valence-electron chi connectivity index (χ2n) is 9.06. The number of rotatable bonds is 5. The number of aromatic nitrogens is 1. The third-order valence-corrected chi connectivity index (χ3v) is 5.05. The summed E-state index contributed by atoms with van der Waals surface area (Å²) < 4.78 is 5.79. The van der Waals surface area contributed by atoms with Crippen LogP contribution in [-0.2, 0) is 0 Å². The van der Waals surface area contributed by atoms with Gasteiger partial charge in [-0.3, -0.25) is 9.78 Å². The molecule has 1 aromatic heterocycles. The van der Waals surface area contributed by atoms with Crippen molar-refractivity contribution in [3.8, 4) is 11.5 Å². The summed E-state index contributed by atoms with van der Waals surface area (Å²) in [6, 6.07) is 11.2. The molecule has 4 heteroatoms. The van der Waals surface area contributed by atoms with Crippen LogP contribution in [0.3, 0.4) is 0 Å². The highest BCUT2D eigenvalue weighted by atomic mass is 16.5. The Labute approximate surface area is 162 Å². The predicted molar refractivity (Wildman–Crippen MR) is 108 cm³/mol. The van der Waals surface area contributed by atoms with Gasteiger partial charge in [0.05, 0.1) is 6.20 Å². The predicted octanol–water partition coefficient (Wildman–Crippen LogP) is 5.31. The van der Waals surface area contributed by atoms with Gasteiger partial charge in [0.1, 0.15) is 11.5 Å². The van der Waals surface area contributed by atoms with Crippen molar-refractivity contribution >= 4 is 5.78 Å². The molecule has 0 atom stereocenters. The van der Waals surface area contributed by atoms with Crippen LogP contribution in [0.4, 0.5) is 0 Å². The molecule has 0 spiro atoms. The van der Waals surface area contributed by atoms with Crippen LogP contribution in [0.2, 0.25) is 0 Å². The first-order chi connectivity index (χ1) is 12.6. The van der Waals surface area contributed by atoms with E-state index in [9.17, 15) is 4.79 Å². The molecule has 1 aliphatic rings. The highest BCUT2D eigenvalue weighted by molar-refractivity contribution is 5.96. The van der Waals surface area contributed by atoms with Gasteiger partial charge in [-0.15, -0.1) is 0 Å². The molecule has 0 bridgehead atoms. The maximum atomic E-state index is 12.8. The molecule has 0 aliphatic carbocycles. The maximum Gasteiger partial charge on any atom is 0.163 e. The van der Waals surface area contributed by atoms with E-state index in [-0.39, 0.29) is 16.9 Å². The van der Waals surface area contributed by atoms with E-state index >= 15 is 0 Å². The number of aryl methyl sites for hydroxylation is 1. The lowest BCUT2D eigenvalue weighted by Gasteiger charge is -2.46. The number of hydrogen-bond acceptors (Lipinski definition) is 4. The topological polar surface area (TPSA) is 51.2 Å². The van der Waals surface area contributed by atoms with Crippen molar-refractivity contribution in [3.05, 3.63) is 53.9 Å². The van der Waals surface area contributed by atoms with Crippen molar-refractivity contribution in [3.63, 3.8) is 0 Å². The van der Waals surface area contributed by atoms with Gasteiger partial charge in [0.25, 0.3) is 0 Å². The molecule has 0 radical (unpaired) electrons. The highest BCUT2D eigenvalue weighted by Gasteiger charge is 2.38. The molecule has 1 fully saturated rings. The number of piperidine rings is 1. The third-order valence-electron chi connectivity index (χ3n) is 5.05. The molecule has 3 rings (SSSR count). The van der Waals surface area contributed by atoms with Crippen molar-refractivity contribution in [2.24, 2.45) is 5.92 Å². The zero-order chi connectivity index (χ0) is 19.7. The first-order valence-corrected chi connectivity index (χ1v) is 9.65. The van der Waals surface area contributed by atoms with Crippen LogP contribution in [0.5, 0.6) is 11.5 Å². The number of benzene rings is 1. The van der Waals surface area contributed by atoms with E-state index in [0.717, 1.165) is 24.1 Å². The third kappa shape index (κ3) is 5.39. The second-order valence-corrected chi connectivity index (χ2v) is 9.06. The smallest absolute Gasteiger partial charge is 0.163 e. The Morgan fingerprint density at radius 3 is 2.19 bits per heavy atom. The normalized spacial score (nSPS) is 18.9. The Balaban J connectivity index is 1.63. The number of ketones is 1. The molecular formula is C23H30N2O2. The van der Waals surface area contributed by atoms with E-state index in [1.165, 1.54) is 0 Å². The molecule has 0 saturated carbocycles. The monoisotopic (exact) mass is 366 g/mol. The van der Waals surface area contributed by atoms with Crippen LogP contribution in [-0.4, -0.2) is 21.8 Å². The molecular weight excluding hydrogens is 336 g/mol. The van der Waals surface area contributed by atoms with E-state index in [1.54, 1.807) is 6.20 Å². The number of Topliss-reactive ketones (excluding diaryl/α,β-unsaturated/α-hetero) is 1. The van der Waals surface area contributed by atoms with Gasteiger partial charge in [0, 0.05) is 28.8 Å². The number of nitrogens with zero attached hydrogens (tertiary/aromatic N) is 1. The van der Waals surface area contributed by atoms with Crippen molar-refractivity contribution in [1.29, 1.82) is 0 Å². The van der Waals surface area contributed by atoms with Crippen LogP contribution in [0.25, 0.3) is 0 Å². The Morgan fingerprint density at radius 2 is 1.63 bits per heavy atom. The fraction of sp³-hybridized carbons (Fsp3) is 0.478. The zero-order valence-electron chi connectivity index (χ0n) is 17.0. The molecule has 1 aromatic carbocycles. The molecule has 1 aliphatic heterocycles. The van der Waals surface area contributed by atoms with Gasteiger partial charge in [-0.2, -0.15) is 0 Å². The van der Waals surface area contributed by atoms with Crippen molar-refractivity contribution in [1.82, 2.24) is 10.3 Å². The minimum absolute atomic E-state index is 0.0620. The average Bonchev–Trinajstić information content (AvgIpc) is 2.54. The zero-order valence-corrected chi connectivity index (χ0v) is 17.0. The van der Waals surface area contributed by atoms with Crippen LogP contribution >= 0.6 is 0 Å².